The summed E-state index contributed by atoms with van der Waals surface area (Å²) in [6.45, 7) is 4.84. The molecule has 0 saturated heterocycles. The van der Waals surface area contributed by atoms with Gasteiger partial charge in [-0.3, -0.25) is 9.59 Å². The summed E-state index contributed by atoms with van der Waals surface area (Å²) in [4.78, 5) is 46.9. The summed E-state index contributed by atoms with van der Waals surface area (Å²) in [7, 11) is 2.37. The molecule has 0 radical (unpaired) electrons. The SMILES string of the molecule is CCC(C)C(NC(=O)c1ccccc1SSCC(NC(C)=O)C(=O)O)C(=O)O. The topological polar surface area (TPSA) is 133 Å². The maximum absolute atomic E-state index is 12.6. The molecule has 0 spiro atoms. The molecule has 4 N–H and O–H groups in total. The molecule has 8 nitrogen and oxygen atoms in total. The smallest absolute Gasteiger partial charge is 0.327 e. The molecule has 3 unspecified atom stereocenters. The largest absolute Gasteiger partial charge is 0.480 e. The van der Waals surface area contributed by atoms with Gasteiger partial charge in [-0.25, -0.2) is 9.59 Å². The molecule has 0 aliphatic carbocycles. The number of carboxylic acid groups (broad SMARTS) is 2. The van der Waals surface area contributed by atoms with E-state index in [-0.39, 0.29) is 11.7 Å². The number of carbonyl (C=O) groups excluding carboxylic acids is 2. The quantitative estimate of drug-likeness (QED) is 0.395. The van der Waals surface area contributed by atoms with Crippen LogP contribution in [0.25, 0.3) is 0 Å². The number of benzene rings is 1. The first-order valence-electron chi connectivity index (χ1n) is 8.59. The molecule has 154 valence electrons. The van der Waals surface area contributed by atoms with E-state index in [0.717, 1.165) is 0 Å². The molecule has 0 aromatic heterocycles. The van der Waals surface area contributed by atoms with Crippen molar-refractivity contribution in [3.63, 3.8) is 0 Å². The van der Waals surface area contributed by atoms with Crippen molar-refractivity contribution in [1.29, 1.82) is 0 Å². The molecule has 10 heteroatoms. The highest BCUT2D eigenvalue weighted by molar-refractivity contribution is 8.76. The number of hydrogen-bond donors (Lipinski definition) is 4. The Kier molecular flexibility index (Phi) is 9.88. The Morgan fingerprint density at radius 2 is 1.71 bits per heavy atom. The van der Waals surface area contributed by atoms with Gasteiger partial charge in [-0.05, 0) is 18.1 Å². The zero-order chi connectivity index (χ0) is 21.3. The fourth-order valence-corrected chi connectivity index (χ4v) is 4.59. The van der Waals surface area contributed by atoms with Gasteiger partial charge < -0.3 is 20.8 Å². The summed E-state index contributed by atoms with van der Waals surface area (Å²) in [6.07, 6.45) is 0.600. The highest BCUT2D eigenvalue weighted by atomic mass is 33.1. The van der Waals surface area contributed by atoms with Crippen molar-refractivity contribution >= 4 is 45.3 Å². The van der Waals surface area contributed by atoms with E-state index in [4.69, 9.17) is 5.11 Å². The summed E-state index contributed by atoms with van der Waals surface area (Å²) in [6, 6.07) is 4.62. The molecule has 0 heterocycles. The maximum atomic E-state index is 12.6. The molecule has 28 heavy (non-hydrogen) atoms. The minimum Gasteiger partial charge on any atom is -0.480 e. The summed E-state index contributed by atoms with van der Waals surface area (Å²) in [5.74, 6) is -3.32. The van der Waals surface area contributed by atoms with Gasteiger partial charge in [0.05, 0.1) is 5.56 Å². The minimum atomic E-state index is -1.15. The minimum absolute atomic E-state index is 0.0974. The average molecular weight is 429 g/mol. The highest BCUT2D eigenvalue weighted by Crippen LogP contribution is 2.34. The number of carbonyl (C=O) groups is 4. The summed E-state index contributed by atoms with van der Waals surface area (Å²) >= 11 is 0. The van der Waals surface area contributed by atoms with Crippen molar-refractivity contribution in [3.8, 4) is 0 Å². The van der Waals surface area contributed by atoms with Gasteiger partial charge in [-0.1, -0.05) is 54.0 Å². The molecular formula is C18H24N2O6S2. The van der Waals surface area contributed by atoms with E-state index in [1.807, 2.05) is 6.92 Å². The van der Waals surface area contributed by atoms with Crippen LogP contribution in [0.15, 0.2) is 29.2 Å². The number of hydrogen-bond acceptors (Lipinski definition) is 6. The lowest BCUT2D eigenvalue weighted by Gasteiger charge is -2.20. The molecule has 0 bridgehead atoms. The molecule has 1 rings (SSSR count). The Labute approximate surface area is 171 Å². The van der Waals surface area contributed by atoms with Crippen molar-refractivity contribution in [2.75, 3.05) is 5.75 Å². The van der Waals surface area contributed by atoms with Gasteiger partial charge in [0, 0.05) is 17.6 Å². The zero-order valence-electron chi connectivity index (χ0n) is 15.8. The van der Waals surface area contributed by atoms with E-state index < -0.39 is 35.8 Å². The first kappa shape index (κ1) is 23.8. The third-order valence-electron chi connectivity index (χ3n) is 3.96. The van der Waals surface area contributed by atoms with Crippen LogP contribution >= 0.6 is 21.6 Å². The van der Waals surface area contributed by atoms with Crippen molar-refractivity contribution < 1.29 is 29.4 Å². The Hall–Kier alpha value is -2.20. The zero-order valence-corrected chi connectivity index (χ0v) is 17.4. The average Bonchev–Trinajstić information content (AvgIpc) is 2.64. The van der Waals surface area contributed by atoms with Crippen LogP contribution in [-0.2, 0) is 14.4 Å². The second-order valence-electron chi connectivity index (χ2n) is 6.13. The standard InChI is InChI=1S/C18H24N2O6S2/c1-4-10(2)15(18(25)26)20-16(22)12-7-5-6-8-14(12)28-27-9-13(17(23)24)19-11(3)21/h5-8,10,13,15H,4,9H2,1-3H3,(H,19,21)(H,20,22)(H,23,24)(H,25,26). The Morgan fingerprint density at radius 3 is 2.25 bits per heavy atom. The van der Waals surface area contributed by atoms with E-state index in [1.54, 1.807) is 31.2 Å². The summed E-state index contributed by atoms with van der Waals surface area (Å²) in [5, 5.41) is 23.4. The van der Waals surface area contributed by atoms with Gasteiger partial charge >= 0.3 is 11.9 Å². The lowest BCUT2D eigenvalue weighted by Crippen LogP contribution is -2.45. The van der Waals surface area contributed by atoms with Crippen LogP contribution in [-0.4, -0.2) is 51.8 Å². The third-order valence-corrected chi connectivity index (χ3v) is 6.38. The summed E-state index contributed by atoms with van der Waals surface area (Å²) in [5.41, 5.74) is 0.306. The first-order valence-corrected chi connectivity index (χ1v) is 10.9. The second-order valence-corrected chi connectivity index (χ2v) is 8.51. The van der Waals surface area contributed by atoms with E-state index in [9.17, 15) is 24.3 Å². The number of aliphatic carboxylic acids is 2. The van der Waals surface area contributed by atoms with Crippen molar-refractivity contribution in [2.24, 2.45) is 5.92 Å². The number of nitrogens with one attached hydrogen (secondary N) is 2. The van der Waals surface area contributed by atoms with Gasteiger partial charge in [0.25, 0.3) is 5.91 Å². The molecule has 0 aliphatic heterocycles. The molecule has 2 amide bonds. The summed E-state index contributed by atoms with van der Waals surface area (Å²) < 4.78 is 0. The number of rotatable bonds is 11. The predicted molar refractivity (Wildman–Crippen MR) is 108 cm³/mol. The van der Waals surface area contributed by atoms with E-state index in [1.165, 1.54) is 28.5 Å². The highest BCUT2D eigenvalue weighted by Gasteiger charge is 2.26. The Morgan fingerprint density at radius 1 is 1.07 bits per heavy atom. The maximum Gasteiger partial charge on any atom is 0.327 e. The molecule has 3 atom stereocenters. The van der Waals surface area contributed by atoms with Crippen molar-refractivity contribution in [3.05, 3.63) is 29.8 Å². The van der Waals surface area contributed by atoms with Crippen molar-refractivity contribution in [1.82, 2.24) is 10.6 Å². The van der Waals surface area contributed by atoms with Gasteiger partial charge in [-0.15, -0.1) is 0 Å². The predicted octanol–water partition coefficient (Wildman–Crippen LogP) is 2.25. The second kappa shape index (κ2) is 11.6. The van der Waals surface area contributed by atoms with Gasteiger partial charge in [0.2, 0.25) is 5.91 Å². The molecular weight excluding hydrogens is 404 g/mol. The van der Waals surface area contributed by atoms with Crippen LogP contribution < -0.4 is 10.6 Å². The van der Waals surface area contributed by atoms with E-state index >= 15 is 0 Å². The van der Waals surface area contributed by atoms with Crippen LogP contribution in [0, 0.1) is 5.92 Å². The van der Waals surface area contributed by atoms with Crippen molar-refractivity contribution in [2.45, 2.75) is 44.2 Å². The van der Waals surface area contributed by atoms with Crippen LogP contribution in [0.3, 0.4) is 0 Å². The fourth-order valence-electron chi connectivity index (χ4n) is 2.21. The van der Waals surface area contributed by atoms with Crippen LogP contribution in [0.5, 0.6) is 0 Å². The first-order chi connectivity index (χ1) is 13.2. The Bertz CT molecular complexity index is 728. The van der Waals surface area contributed by atoms with Gasteiger partial charge in [0.15, 0.2) is 0 Å². The fraction of sp³-hybridized carbons (Fsp3) is 0.444. The normalized spacial score (nSPS) is 13.8. The lowest BCUT2D eigenvalue weighted by molar-refractivity contribution is -0.141. The van der Waals surface area contributed by atoms with E-state index in [0.29, 0.717) is 16.9 Å². The lowest BCUT2D eigenvalue weighted by atomic mass is 9.99. The molecule has 0 fully saturated rings. The third kappa shape index (κ3) is 7.43. The van der Waals surface area contributed by atoms with Crippen LogP contribution in [0.2, 0.25) is 0 Å². The van der Waals surface area contributed by atoms with Gasteiger partial charge in [-0.2, -0.15) is 0 Å². The van der Waals surface area contributed by atoms with E-state index in [2.05, 4.69) is 10.6 Å². The number of carboxylic acids is 2. The molecule has 1 aromatic rings. The number of amides is 2. The molecule has 1 aromatic carbocycles. The Balaban J connectivity index is 2.83. The van der Waals surface area contributed by atoms with Gasteiger partial charge in [0.1, 0.15) is 12.1 Å². The monoisotopic (exact) mass is 428 g/mol. The molecule has 0 saturated carbocycles. The van der Waals surface area contributed by atoms with Crippen LogP contribution in [0.1, 0.15) is 37.6 Å². The van der Waals surface area contributed by atoms with Crippen LogP contribution in [0.4, 0.5) is 0 Å². The molecule has 0 aliphatic rings.